The number of carboxylic acids is 1. The van der Waals surface area contributed by atoms with E-state index < -0.39 is 5.97 Å². The van der Waals surface area contributed by atoms with Crippen molar-refractivity contribution in [3.05, 3.63) is 24.3 Å². The second-order valence-corrected chi connectivity index (χ2v) is 9.68. The number of hydrogen-bond acceptors (Lipinski definition) is 1. The number of fused-ring (bicyclic) bond motifs is 1. The van der Waals surface area contributed by atoms with Crippen molar-refractivity contribution >= 4 is 5.97 Å². The Hall–Kier alpha value is -1.31. The van der Waals surface area contributed by atoms with E-state index in [1.54, 1.807) is 0 Å². The molecule has 0 aromatic carbocycles. The lowest BCUT2D eigenvalue weighted by Gasteiger charge is -2.18. The molecule has 0 saturated heterocycles. The molecule has 172 valence electrons. The second kappa shape index (κ2) is 17.4. The molecular formula is C28H48O2. The van der Waals surface area contributed by atoms with Crippen LogP contribution in [0.4, 0.5) is 0 Å². The minimum Gasteiger partial charge on any atom is -0.481 e. The number of benzene rings is 1. The molecule has 2 rings (SSSR count). The first-order valence-corrected chi connectivity index (χ1v) is 12.8. The highest BCUT2D eigenvalue weighted by Crippen LogP contribution is 2.29. The maximum absolute atomic E-state index is 10.7. The van der Waals surface area contributed by atoms with Crippen LogP contribution in [0.5, 0.6) is 0 Å². The summed E-state index contributed by atoms with van der Waals surface area (Å²) in [4.78, 5) is 10.7. The van der Waals surface area contributed by atoms with Crippen molar-refractivity contribution in [2.45, 2.75) is 124 Å². The summed E-state index contributed by atoms with van der Waals surface area (Å²) >= 11 is 0. The molecule has 0 heterocycles. The topological polar surface area (TPSA) is 37.3 Å². The molecule has 0 amide bonds. The van der Waals surface area contributed by atoms with E-state index in [1.807, 2.05) is 0 Å². The highest BCUT2D eigenvalue weighted by Gasteiger charge is 2.11. The molecule has 0 fully saturated rings. The SMILES string of the molecule is CCCCCCCCCCCCCC(CCCC(=O)O)CC(C)C.c1cc2ccc1-2. The van der Waals surface area contributed by atoms with Gasteiger partial charge in [0.1, 0.15) is 0 Å². The van der Waals surface area contributed by atoms with E-state index in [9.17, 15) is 4.79 Å². The number of aliphatic carboxylic acids is 1. The van der Waals surface area contributed by atoms with Gasteiger partial charge in [0.25, 0.3) is 0 Å². The fourth-order valence-corrected chi connectivity index (χ4v) is 4.35. The smallest absolute Gasteiger partial charge is 0.303 e. The van der Waals surface area contributed by atoms with E-state index in [-0.39, 0.29) is 0 Å². The summed E-state index contributed by atoms with van der Waals surface area (Å²) in [5, 5.41) is 8.79. The van der Waals surface area contributed by atoms with Gasteiger partial charge >= 0.3 is 5.97 Å². The van der Waals surface area contributed by atoms with Crippen molar-refractivity contribution in [2.24, 2.45) is 11.8 Å². The molecule has 1 unspecified atom stereocenters. The number of carbonyl (C=O) groups is 1. The molecule has 1 N–H and O–H groups in total. The molecule has 2 aliphatic carbocycles. The van der Waals surface area contributed by atoms with Crippen molar-refractivity contribution in [3.63, 3.8) is 0 Å². The first kappa shape index (κ1) is 26.7. The Balaban J connectivity index is 0.000000619. The van der Waals surface area contributed by atoms with Gasteiger partial charge < -0.3 is 5.11 Å². The Morgan fingerprint density at radius 2 is 1.17 bits per heavy atom. The summed E-state index contributed by atoms with van der Waals surface area (Å²) in [7, 11) is 0. The lowest BCUT2D eigenvalue weighted by molar-refractivity contribution is -0.137. The van der Waals surface area contributed by atoms with Gasteiger partial charge in [0.05, 0.1) is 0 Å². The Morgan fingerprint density at radius 3 is 1.53 bits per heavy atom. The van der Waals surface area contributed by atoms with Crippen LogP contribution in [0, 0.1) is 11.8 Å². The number of carboxylic acid groups (broad SMARTS) is 1. The van der Waals surface area contributed by atoms with Gasteiger partial charge in [0.2, 0.25) is 0 Å². The van der Waals surface area contributed by atoms with Crippen molar-refractivity contribution in [2.75, 3.05) is 0 Å². The van der Waals surface area contributed by atoms with E-state index in [1.165, 1.54) is 94.6 Å². The Kier molecular flexibility index (Phi) is 15.5. The second-order valence-electron chi connectivity index (χ2n) is 9.68. The Morgan fingerprint density at radius 1 is 0.733 bits per heavy atom. The number of rotatable bonds is 18. The van der Waals surface area contributed by atoms with E-state index in [4.69, 9.17) is 5.11 Å². The van der Waals surface area contributed by atoms with Gasteiger partial charge in [-0.3, -0.25) is 4.79 Å². The quantitative estimate of drug-likeness (QED) is 0.246. The molecule has 0 aromatic rings. The van der Waals surface area contributed by atoms with Gasteiger partial charge in [-0.05, 0) is 42.2 Å². The van der Waals surface area contributed by atoms with Crippen molar-refractivity contribution < 1.29 is 9.90 Å². The largest absolute Gasteiger partial charge is 0.481 e. The minimum absolute atomic E-state index is 0.340. The summed E-state index contributed by atoms with van der Waals surface area (Å²) in [5.74, 6) is 0.823. The van der Waals surface area contributed by atoms with Crippen LogP contribution < -0.4 is 0 Å². The third-order valence-electron chi connectivity index (χ3n) is 6.24. The molecule has 1 atom stereocenters. The summed E-state index contributed by atoms with van der Waals surface area (Å²) in [5.41, 5.74) is 2.85. The third kappa shape index (κ3) is 13.8. The van der Waals surface area contributed by atoms with Crippen LogP contribution in [0.1, 0.15) is 124 Å². The average molecular weight is 417 g/mol. The van der Waals surface area contributed by atoms with Gasteiger partial charge in [-0.1, -0.05) is 122 Å². The van der Waals surface area contributed by atoms with Crippen LogP contribution in [0.15, 0.2) is 24.3 Å². The van der Waals surface area contributed by atoms with Crippen molar-refractivity contribution in [1.29, 1.82) is 0 Å². The fourth-order valence-electron chi connectivity index (χ4n) is 4.35. The standard InChI is InChI=1S/C22H44O2.C6H4/c1-4-5-6-7-8-9-10-11-12-13-14-16-21(19-20(2)3)17-15-18-22(23)24;1-2-6-4-3-5(1)6/h20-21H,4-19H2,1-3H3,(H,23,24);1-4H. The maximum Gasteiger partial charge on any atom is 0.303 e. The van der Waals surface area contributed by atoms with Gasteiger partial charge in [0.15, 0.2) is 0 Å². The highest BCUT2D eigenvalue weighted by atomic mass is 16.4. The van der Waals surface area contributed by atoms with Crippen LogP contribution in [-0.2, 0) is 4.79 Å². The van der Waals surface area contributed by atoms with Crippen LogP contribution in [0.2, 0.25) is 0 Å². The van der Waals surface area contributed by atoms with Gasteiger partial charge in [-0.15, -0.1) is 0 Å². The average Bonchev–Trinajstić information content (AvgIpc) is 2.68. The van der Waals surface area contributed by atoms with E-state index >= 15 is 0 Å². The molecule has 2 aliphatic rings. The predicted molar refractivity (Wildman–Crippen MR) is 131 cm³/mol. The van der Waals surface area contributed by atoms with Gasteiger partial charge in [-0.25, -0.2) is 0 Å². The lowest BCUT2D eigenvalue weighted by Crippen LogP contribution is -2.06. The Bertz CT molecular complexity index is 511. The summed E-state index contributed by atoms with van der Waals surface area (Å²) in [6.07, 6.45) is 20.2. The highest BCUT2D eigenvalue weighted by molar-refractivity contribution is 5.75. The minimum atomic E-state index is -0.645. The molecule has 2 nitrogen and oxygen atoms in total. The first-order valence-electron chi connectivity index (χ1n) is 12.8. The summed E-state index contributed by atoms with van der Waals surface area (Å²) < 4.78 is 0. The zero-order chi connectivity index (χ0) is 22.0. The maximum atomic E-state index is 10.7. The molecule has 0 aromatic heterocycles. The summed E-state index contributed by atoms with van der Waals surface area (Å²) in [6.45, 7) is 6.84. The van der Waals surface area contributed by atoms with Crippen LogP contribution >= 0.6 is 0 Å². The lowest BCUT2D eigenvalue weighted by atomic mass is 9.88. The van der Waals surface area contributed by atoms with Crippen LogP contribution in [0.25, 0.3) is 11.1 Å². The number of hydrogen-bond donors (Lipinski definition) is 1. The van der Waals surface area contributed by atoms with E-state index in [0.29, 0.717) is 6.42 Å². The van der Waals surface area contributed by atoms with Crippen molar-refractivity contribution in [1.82, 2.24) is 0 Å². The van der Waals surface area contributed by atoms with Crippen LogP contribution in [0.3, 0.4) is 0 Å². The van der Waals surface area contributed by atoms with E-state index in [0.717, 1.165) is 24.7 Å². The molecule has 0 bridgehead atoms. The zero-order valence-corrected chi connectivity index (χ0v) is 20.1. The predicted octanol–water partition coefficient (Wildman–Crippen LogP) is 9.27. The molecule has 0 aliphatic heterocycles. The van der Waals surface area contributed by atoms with Crippen molar-refractivity contribution in [3.8, 4) is 11.1 Å². The first-order chi connectivity index (χ1) is 14.5. The molecule has 0 spiro atoms. The zero-order valence-electron chi connectivity index (χ0n) is 20.1. The van der Waals surface area contributed by atoms with Gasteiger partial charge in [-0.2, -0.15) is 0 Å². The van der Waals surface area contributed by atoms with Gasteiger partial charge in [0, 0.05) is 6.42 Å². The van der Waals surface area contributed by atoms with E-state index in [2.05, 4.69) is 45.0 Å². The third-order valence-corrected chi connectivity index (χ3v) is 6.24. The van der Waals surface area contributed by atoms with Crippen LogP contribution in [-0.4, -0.2) is 11.1 Å². The molecular weight excluding hydrogens is 368 g/mol. The molecule has 0 radical (unpaired) electrons. The normalized spacial score (nSPS) is 12.4. The molecule has 0 saturated carbocycles. The Labute approximate surface area is 186 Å². The summed E-state index contributed by atoms with van der Waals surface area (Å²) in [6, 6.07) is 8.48. The number of unbranched alkanes of at least 4 members (excludes halogenated alkanes) is 10. The fraction of sp³-hybridized carbons (Fsp3) is 0.750. The monoisotopic (exact) mass is 416 g/mol. The molecule has 30 heavy (non-hydrogen) atoms. The molecule has 2 heteroatoms.